The van der Waals surface area contributed by atoms with E-state index in [9.17, 15) is 14.9 Å². The Morgan fingerprint density at radius 2 is 1.74 bits per heavy atom. The van der Waals surface area contributed by atoms with Crippen molar-refractivity contribution >= 4 is 66.9 Å². The molecular formula is C41H48ClF2N7O6S. The summed E-state index contributed by atoms with van der Waals surface area (Å²) in [6, 6.07) is 4.53. The maximum absolute atomic E-state index is 17.6. The third kappa shape index (κ3) is 8.13. The van der Waals surface area contributed by atoms with Crippen LogP contribution >= 0.6 is 22.9 Å². The number of anilines is 2. The van der Waals surface area contributed by atoms with Crippen LogP contribution in [0.25, 0.3) is 32.1 Å². The molecule has 0 saturated carbocycles. The first-order valence-electron chi connectivity index (χ1n) is 19.5. The van der Waals surface area contributed by atoms with Crippen LogP contribution < -0.4 is 19.7 Å². The molecule has 17 heteroatoms. The summed E-state index contributed by atoms with van der Waals surface area (Å²) in [5.41, 5.74) is -1.75. The maximum Gasteiger partial charge on any atom is 0.412 e. The lowest BCUT2D eigenvalue weighted by Crippen LogP contribution is -2.49. The first-order chi connectivity index (χ1) is 27.3. The number of nitriles is 1. The molecule has 3 aliphatic heterocycles. The number of piperidine rings is 1. The van der Waals surface area contributed by atoms with Gasteiger partial charge in [-0.3, -0.25) is 10.2 Å². The van der Waals surface area contributed by atoms with Crippen LogP contribution in [0.2, 0.25) is 5.02 Å². The number of hydrogen-bond donors (Lipinski definition) is 1. The highest BCUT2D eigenvalue weighted by Crippen LogP contribution is 2.51. The van der Waals surface area contributed by atoms with E-state index in [4.69, 9.17) is 35.5 Å². The number of likely N-dealkylation sites (tertiary alicyclic amines) is 2. The number of amides is 2. The number of halogens is 3. The van der Waals surface area contributed by atoms with Crippen LogP contribution in [-0.4, -0.2) is 101 Å². The van der Waals surface area contributed by atoms with E-state index in [1.54, 1.807) is 25.7 Å². The Hall–Kier alpha value is -4.72. The Morgan fingerprint density at radius 3 is 2.38 bits per heavy atom. The summed E-state index contributed by atoms with van der Waals surface area (Å²) in [6.45, 7) is 14.8. The fourth-order valence-corrected chi connectivity index (χ4v) is 9.41. The molecule has 0 aliphatic carbocycles. The van der Waals surface area contributed by atoms with Crippen molar-refractivity contribution in [1.29, 1.82) is 5.26 Å². The van der Waals surface area contributed by atoms with Crippen LogP contribution in [-0.2, 0) is 9.47 Å². The third-order valence-corrected chi connectivity index (χ3v) is 12.0. The predicted octanol–water partition coefficient (Wildman–Crippen LogP) is 9.12. The number of nitrogens with zero attached hydrogens (tertiary/aromatic N) is 6. The van der Waals surface area contributed by atoms with E-state index < -0.39 is 28.9 Å². The molecule has 0 spiro atoms. The summed E-state index contributed by atoms with van der Waals surface area (Å²) in [7, 11) is 2.04. The zero-order chi connectivity index (χ0) is 41.8. The number of nitrogens with one attached hydrogen (secondary N) is 1. The normalized spacial score (nSPS) is 18.5. The molecule has 3 aliphatic rings. The predicted molar refractivity (Wildman–Crippen MR) is 219 cm³/mol. The number of ether oxygens (including phenoxy) is 4. The van der Waals surface area contributed by atoms with E-state index in [1.807, 2.05) is 34.7 Å². The summed E-state index contributed by atoms with van der Waals surface area (Å²) >= 11 is 8.00. The van der Waals surface area contributed by atoms with Crippen molar-refractivity contribution in [1.82, 2.24) is 19.8 Å². The van der Waals surface area contributed by atoms with Gasteiger partial charge in [0.15, 0.2) is 11.6 Å². The van der Waals surface area contributed by atoms with Gasteiger partial charge in [-0.25, -0.2) is 18.4 Å². The van der Waals surface area contributed by atoms with Gasteiger partial charge in [0.2, 0.25) is 0 Å². The van der Waals surface area contributed by atoms with Gasteiger partial charge >= 0.3 is 18.2 Å². The van der Waals surface area contributed by atoms with Crippen molar-refractivity contribution in [3.8, 4) is 29.0 Å². The van der Waals surface area contributed by atoms with Gasteiger partial charge in [-0.2, -0.15) is 15.2 Å². The van der Waals surface area contributed by atoms with Gasteiger partial charge < -0.3 is 28.7 Å². The second kappa shape index (κ2) is 15.8. The van der Waals surface area contributed by atoms with Gasteiger partial charge in [-0.05, 0) is 99.4 Å². The molecule has 13 nitrogen and oxygen atoms in total. The molecule has 2 fully saturated rings. The number of carbonyl (C=O) groups excluding carboxylic acids is 2. The minimum atomic E-state index is -0.849. The van der Waals surface area contributed by atoms with Crippen molar-refractivity contribution < 1.29 is 37.3 Å². The molecule has 310 valence electrons. The fourth-order valence-electron chi connectivity index (χ4n) is 8.01. The van der Waals surface area contributed by atoms with Crippen molar-refractivity contribution in [2.45, 2.75) is 104 Å². The number of hydrogen-bond acceptors (Lipinski definition) is 12. The Bertz CT molecular complexity index is 2310. The SMILES string of the molecule is C[C@H](Oc1nc2c3c(c(Cl)c(-c4ccc(F)c5sc(NC(=O)OC(C)(C)C)c(C#N)c45)c(F)c3n1)OCCN2C1CCN(C(=O)OC(C)(C)C)CC1)[C@@H]1CCCN1C. The molecule has 0 unspecified atom stereocenters. The topological polar surface area (TPSA) is 142 Å². The van der Waals surface area contributed by atoms with E-state index >= 15 is 8.78 Å². The van der Waals surface area contributed by atoms with Crippen LogP contribution in [0.15, 0.2) is 12.1 Å². The average molecular weight is 840 g/mol. The van der Waals surface area contributed by atoms with Gasteiger partial charge in [0.1, 0.15) is 52.1 Å². The van der Waals surface area contributed by atoms with Crippen molar-refractivity contribution in [2.24, 2.45) is 0 Å². The van der Waals surface area contributed by atoms with Crippen LogP contribution in [0, 0.1) is 23.0 Å². The van der Waals surface area contributed by atoms with E-state index in [0.29, 0.717) is 38.3 Å². The highest BCUT2D eigenvalue weighted by Gasteiger charge is 2.37. The number of likely N-dealkylation sites (N-methyl/N-ethyl adjacent to an activating group) is 1. The van der Waals surface area contributed by atoms with Gasteiger partial charge in [0, 0.05) is 36.1 Å². The molecule has 2 saturated heterocycles. The largest absolute Gasteiger partial charge is 0.489 e. The Morgan fingerprint density at radius 1 is 1.03 bits per heavy atom. The average Bonchev–Trinajstić information content (AvgIpc) is 3.68. The second-order valence-electron chi connectivity index (χ2n) is 17.0. The summed E-state index contributed by atoms with van der Waals surface area (Å²) in [6.07, 6.45) is 1.54. The molecule has 4 aromatic rings. The number of rotatable bonds is 6. The highest BCUT2D eigenvalue weighted by molar-refractivity contribution is 7.23. The number of aromatic nitrogens is 2. The van der Waals surface area contributed by atoms with Gasteiger partial charge in [0.05, 0.1) is 27.2 Å². The van der Waals surface area contributed by atoms with Gasteiger partial charge in [0.25, 0.3) is 0 Å². The van der Waals surface area contributed by atoms with E-state index in [0.717, 1.165) is 36.8 Å². The number of thiophene rings is 1. The van der Waals surface area contributed by atoms with Gasteiger partial charge in [-0.15, -0.1) is 11.3 Å². The Labute approximate surface area is 345 Å². The lowest BCUT2D eigenvalue weighted by atomic mass is 9.96. The van der Waals surface area contributed by atoms with Crippen LogP contribution in [0.4, 0.5) is 29.2 Å². The van der Waals surface area contributed by atoms with E-state index in [1.165, 1.54) is 6.07 Å². The fraction of sp³-hybridized carbons (Fsp3) is 0.537. The molecule has 2 amide bonds. The first-order valence-corrected chi connectivity index (χ1v) is 20.7. The molecule has 1 N–H and O–H groups in total. The van der Waals surface area contributed by atoms with Crippen LogP contribution in [0.3, 0.4) is 0 Å². The minimum absolute atomic E-state index is 0.00765. The lowest BCUT2D eigenvalue weighted by molar-refractivity contribution is 0.0204. The van der Waals surface area contributed by atoms with Crippen molar-refractivity contribution in [3.05, 3.63) is 34.4 Å². The molecule has 2 aromatic heterocycles. The zero-order valence-corrected chi connectivity index (χ0v) is 35.5. The summed E-state index contributed by atoms with van der Waals surface area (Å²) < 4.78 is 57.0. The van der Waals surface area contributed by atoms with Crippen LogP contribution in [0.1, 0.15) is 79.7 Å². The van der Waals surface area contributed by atoms with Gasteiger partial charge in [-0.1, -0.05) is 17.7 Å². The molecule has 0 bridgehead atoms. The zero-order valence-electron chi connectivity index (χ0n) is 33.9. The smallest absolute Gasteiger partial charge is 0.412 e. The molecule has 5 heterocycles. The Kier molecular flexibility index (Phi) is 11.3. The van der Waals surface area contributed by atoms with E-state index in [-0.39, 0.29) is 90.4 Å². The lowest BCUT2D eigenvalue weighted by Gasteiger charge is -2.39. The highest BCUT2D eigenvalue weighted by atomic mass is 35.5. The summed E-state index contributed by atoms with van der Waals surface area (Å²) in [5.74, 6) is -1.02. The minimum Gasteiger partial charge on any atom is -0.489 e. The maximum atomic E-state index is 17.6. The second-order valence-corrected chi connectivity index (χ2v) is 18.4. The quantitative estimate of drug-likeness (QED) is 0.199. The number of carbonyl (C=O) groups is 2. The molecular weight excluding hydrogens is 792 g/mol. The van der Waals surface area contributed by atoms with Crippen LogP contribution in [0.5, 0.6) is 11.8 Å². The van der Waals surface area contributed by atoms with Crippen molar-refractivity contribution in [3.63, 3.8) is 0 Å². The standard InChI is InChI=1S/C41H48ClF2N7O6S/c1-21(26-10-9-15-49(26)8)55-37-46-32-29-33(54-19-18-51(35(29)47-37)22-13-16-50(17-14-22)39(53)57-41(5,6)7)30(42)28(31(32)44)23-11-12-25(43)34-27(23)24(20-45)36(58-34)48-38(52)56-40(2,3)4/h11-12,21-22,26H,9-10,13-19H2,1-8H3,(H,48,52)/t21-,26-/m0/s1. The number of benzene rings is 2. The van der Waals surface area contributed by atoms with E-state index in [2.05, 4.69) is 26.2 Å². The molecule has 58 heavy (non-hydrogen) atoms. The monoisotopic (exact) mass is 839 g/mol. The Balaban J connectivity index is 1.37. The summed E-state index contributed by atoms with van der Waals surface area (Å²) in [4.78, 5) is 41.3. The molecule has 2 atom stereocenters. The molecule has 2 aromatic carbocycles. The van der Waals surface area contributed by atoms with Crippen molar-refractivity contribution in [2.75, 3.05) is 50.1 Å². The molecule has 0 radical (unpaired) electrons. The first kappa shape index (κ1) is 41.4. The number of fused-ring (bicyclic) bond motifs is 1. The third-order valence-electron chi connectivity index (χ3n) is 10.5. The summed E-state index contributed by atoms with van der Waals surface area (Å²) in [5, 5.41) is 13.2. The molecule has 7 rings (SSSR count).